The third-order valence-electron chi connectivity index (χ3n) is 8.19. The first kappa shape index (κ1) is 23.7. The van der Waals surface area contributed by atoms with E-state index in [-0.39, 0.29) is 0 Å². The van der Waals surface area contributed by atoms with Crippen LogP contribution in [0.2, 0.25) is 0 Å². The Hall–Kier alpha value is -5.94. The summed E-state index contributed by atoms with van der Waals surface area (Å²) in [5, 5.41) is 8.91. The highest BCUT2D eigenvalue weighted by Crippen LogP contribution is 2.39. The maximum absolute atomic E-state index is 6.11. The van der Waals surface area contributed by atoms with Crippen LogP contribution in [0.15, 0.2) is 138 Å². The minimum atomic E-state index is 0.586. The van der Waals surface area contributed by atoms with Crippen LogP contribution >= 0.6 is 0 Å². The second kappa shape index (κ2) is 9.29. The molecule has 0 spiro atoms. The first-order chi connectivity index (χ1) is 21.3. The van der Waals surface area contributed by atoms with E-state index in [4.69, 9.17) is 19.4 Å². The molecule has 3 aromatic heterocycles. The minimum Gasteiger partial charge on any atom is -0.438 e. The number of fused-ring (bicyclic) bond motifs is 8. The van der Waals surface area contributed by atoms with Crippen LogP contribution < -0.4 is 0 Å². The van der Waals surface area contributed by atoms with Gasteiger partial charge in [-0.25, -0.2) is 19.9 Å². The molecule has 5 nitrogen and oxygen atoms in total. The minimum absolute atomic E-state index is 0.586. The molecule has 0 saturated heterocycles. The van der Waals surface area contributed by atoms with Gasteiger partial charge in [0.25, 0.3) is 0 Å². The van der Waals surface area contributed by atoms with Crippen LogP contribution in [0.5, 0.6) is 0 Å². The Morgan fingerprint density at radius 1 is 0.442 bits per heavy atom. The molecule has 0 saturated carbocycles. The Kier molecular flexibility index (Phi) is 5.13. The van der Waals surface area contributed by atoms with Gasteiger partial charge >= 0.3 is 0 Å². The zero-order chi connectivity index (χ0) is 28.3. The van der Waals surface area contributed by atoms with Gasteiger partial charge in [0.15, 0.2) is 17.5 Å². The first-order valence-electron chi connectivity index (χ1n) is 14.2. The largest absolute Gasteiger partial charge is 0.438 e. The normalized spacial score (nSPS) is 11.7. The Labute approximate surface area is 246 Å². The van der Waals surface area contributed by atoms with E-state index >= 15 is 0 Å². The topological polar surface area (TPSA) is 64.7 Å². The Bertz CT molecular complexity index is 2520. The van der Waals surface area contributed by atoms with Gasteiger partial charge in [-0.05, 0) is 56.6 Å². The van der Waals surface area contributed by atoms with Crippen LogP contribution in [0.1, 0.15) is 0 Å². The van der Waals surface area contributed by atoms with E-state index < -0.39 is 0 Å². The smallest absolute Gasteiger partial charge is 0.227 e. The van der Waals surface area contributed by atoms with E-state index in [1.807, 2.05) is 60.7 Å². The molecular weight excluding hydrogens is 528 g/mol. The van der Waals surface area contributed by atoms with E-state index in [2.05, 4.69) is 71.7 Å². The number of nitrogens with zero attached hydrogens (tertiary/aromatic N) is 4. The summed E-state index contributed by atoms with van der Waals surface area (Å²) in [5.41, 5.74) is 4.10. The van der Waals surface area contributed by atoms with Gasteiger partial charge in [-0.2, -0.15) is 0 Å². The highest BCUT2D eigenvalue weighted by atomic mass is 16.3. The van der Waals surface area contributed by atoms with E-state index in [1.165, 1.54) is 21.5 Å². The van der Waals surface area contributed by atoms with Gasteiger partial charge < -0.3 is 4.42 Å². The third kappa shape index (κ3) is 3.72. The monoisotopic (exact) mass is 550 g/mol. The van der Waals surface area contributed by atoms with Gasteiger partial charge in [0.1, 0.15) is 5.58 Å². The predicted octanol–water partition coefficient (Wildman–Crippen LogP) is 9.63. The number of hydrogen-bond donors (Lipinski definition) is 0. The number of hydrogen-bond acceptors (Lipinski definition) is 5. The molecular formula is C38H22N4O. The quantitative estimate of drug-likeness (QED) is 0.205. The lowest BCUT2D eigenvalue weighted by Gasteiger charge is -2.14. The average molecular weight is 551 g/mol. The number of pyridine rings is 1. The van der Waals surface area contributed by atoms with Gasteiger partial charge in [-0.15, -0.1) is 0 Å². The van der Waals surface area contributed by atoms with E-state index in [9.17, 15) is 0 Å². The molecule has 0 amide bonds. The van der Waals surface area contributed by atoms with Gasteiger partial charge in [0.2, 0.25) is 5.71 Å². The van der Waals surface area contributed by atoms with E-state index in [0.717, 1.165) is 43.8 Å². The lowest BCUT2D eigenvalue weighted by atomic mass is 9.93. The molecule has 6 aromatic carbocycles. The summed E-state index contributed by atoms with van der Waals surface area (Å²) in [4.78, 5) is 19.8. The van der Waals surface area contributed by atoms with Crippen LogP contribution in [0.3, 0.4) is 0 Å². The van der Waals surface area contributed by atoms with Crippen LogP contribution in [0.4, 0.5) is 0 Å². The summed E-state index contributed by atoms with van der Waals surface area (Å²) in [5.74, 6) is 1.83. The van der Waals surface area contributed by atoms with Gasteiger partial charge in [-0.1, -0.05) is 103 Å². The maximum atomic E-state index is 6.11. The fraction of sp³-hybridized carbons (Fsp3) is 0. The van der Waals surface area contributed by atoms with E-state index in [0.29, 0.717) is 23.2 Å². The Morgan fingerprint density at radius 3 is 2.02 bits per heavy atom. The fourth-order valence-corrected chi connectivity index (χ4v) is 6.23. The lowest BCUT2D eigenvalue weighted by Crippen LogP contribution is -2.01. The highest BCUT2D eigenvalue weighted by molar-refractivity contribution is 6.20. The number of benzene rings is 6. The van der Waals surface area contributed by atoms with E-state index in [1.54, 1.807) is 6.20 Å². The molecule has 0 radical (unpaired) electrons. The zero-order valence-electron chi connectivity index (χ0n) is 22.9. The summed E-state index contributed by atoms with van der Waals surface area (Å²) in [6.07, 6.45) is 1.74. The summed E-state index contributed by atoms with van der Waals surface area (Å²) in [7, 11) is 0. The van der Waals surface area contributed by atoms with Crippen molar-refractivity contribution in [3.8, 4) is 34.2 Å². The van der Waals surface area contributed by atoms with Crippen LogP contribution in [-0.4, -0.2) is 19.9 Å². The van der Waals surface area contributed by atoms with Crippen LogP contribution in [0, 0.1) is 0 Å². The van der Waals surface area contributed by atoms with Crippen molar-refractivity contribution in [1.29, 1.82) is 0 Å². The van der Waals surface area contributed by atoms with Crippen molar-refractivity contribution in [1.82, 2.24) is 19.9 Å². The summed E-state index contributed by atoms with van der Waals surface area (Å²) in [6.45, 7) is 0. The zero-order valence-corrected chi connectivity index (χ0v) is 22.9. The molecule has 3 heterocycles. The second-order valence-corrected chi connectivity index (χ2v) is 10.7. The highest BCUT2D eigenvalue weighted by Gasteiger charge is 2.19. The van der Waals surface area contributed by atoms with Crippen molar-refractivity contribution in [2.45, 2.75) is 0 Å². The number of furan rings is 1. The molecule has 5 heteroatoms. The number of aromatic nitrogens is 4. The maximum Gasteiger partial charge on any atom is 0.227 e. The molecule has 200 valence electrons. The summed E-state index contributed by atoms with van der Waals surface area (Å²) >= 11 is 0. The van der Waals surface area contributed by atoms with Crippen molar-refractivity contribution >= 4 is 54.4 Å². The average Bonchev–Trinajstić information content (AvgIpc) is 3.47. The molecule has 0 aliphatic carbocycles. The molecule has 0 fully saturated rings. The van der Waals surface area contributed by atoms with Gasteiger partial charge in [0.05, 0.1) is 0 Å². The molecule has 0 bridgehead atoms. The molecule has 0 unspecified atom stereocenters. The van der Waals surface area contributed by atoms with Gasteiger partial charge in [0, 0.05) is 33.7 Å². The van der Waals surface area contributed by atoms with Crippen molar-refractivity contribution < 1.29 is 4.42 Å². The summed E-state index contributed by atoms with van der Waals surface area (Å²) < 4.78 is 6.11. The Balaban J connectivity index is 1.39. The van der Waals surface area contributed by atoms with Crippen molar-refractivity contribution in [2.75, 3.05) is 0 Å². The third-order valence-corrected chi connectivity index (χ3v) is 8.19. The lowest BCUT2D eigenvalue weighted by molar-refractivity contribution is 0.654. The first-order valence-corrected chi connectivity index (χ1v) is 14.2. The molecule has 9 rings (SSSR count). The fourth-order valence-electron chi connectivity index (χ4n) is 6.23. The standard InChI is InChI=1S/C38H22N4O/c1-2-11-24(12-3-1)35-40-36(29-16-8-18-33-34(29)30-17-9-21-39-38(30)43-33)42-37(41-35)32-22-31-25-13-5-4-10-23(25)19-20-28(31)26-14-6-7-15-27(26)32/h1-22H. The molecule has 0 aliphatic rings. The SMILES string of the molecule is c1ccc(-c2nc(-c3cc4c5ccccc5ccc4c4ccccc34)nc(-c3cccc4oc5ncccc5c34)n2)cc1. The van der Waals surface area contributed by atoms with Crippen LogP contribution in [0.25, 0.3) is 88.5 Å². The molecule has 0 atom stereocenters. The van der Waals surface area contributed by atoms with Crippen LogP contribution in [-0.2, 0) is 0 Å². The predicted molar refractivity (Wildman–Crippen MR) is 174 cm³/mol. The Morgan fingerprint density at radius 2 is 1.14 bits per heavy atom. The molecule has 0 N–H and O–H groups in total. The summed E-state index contributed by atoms with van der Waals surface area (Å²) in [6, 6.07) is 43.7. The van der Waals surface area contributed by atoms with Gasteiger partial charge in [-0.3, -0.25) is 0 Å². The number of rotatable bonds is 3. The molecule has 43 heavy (non-hydrogen) atoms. The van der Waals surface area contributed by atoms with Crippen molar-refractivity contribution in [2.24, 2.45) is 0 Å². The molecule has 0 aliphatic heterocycles. The van der Waals surface area contributed by atoms with Crippen molar-refractivity contribution in [3.05, 3.63) is 134 Å². The second-order valence-electron chi connectivity index (χ2n) is 10.7. The van der Waals surface area contributed by atoms with Crippen molar-refractivity contribution in [3.63, 3.8) is 0 Å². The molecule has 9 aromatic rings.